The zero-order valence-electron chi connectivity index (χ0n) is 16.4. The van der Waals surface area contributed by atoms with Crippen molar-refractivity contribution in [2.24, 2.45) is 0 Å². The van der Waals surface area contributed by atoms with Crippen LogP contribution in [0.1, 0.15) is 35.8 Å². The number of rotatable bonds is 5. The molecular weight excluding hydrogens is 407 g/mol. The summed E-state index contributed by atoms with van der Waals surface area (Å²) in [5.74, 6) is -0.603. The van der Waals surface area contributed by atoms with E-state index in [1.54, 1.807) is 39.9 Å². The largest absolute Gasteiger partial charge is 0.322 e. The molecule has 1 aliphatic rings. The van der Waals surface area contributed by atoms with Crippen LogP contribution in [0.2, 0.25) is 5.02 Å². The molecule has 2 aromatic carbocycles. The van der Waals surface area contributed by atoms with Crippen LogP contribution in [0.25, 0.3) is 5.69 Å². The van der Waals surface area contributed by atoms with Gasteiger partial charge in [0, 0.05) is 18.7 Å². The Morgan fingerprint density at radius 1 is 1.23 bits per heavy atom. The number of carbonyl (C=O) groups is 2. The molecule has 0 saturated carbocycles. The Bertz CT molecular complexity index is 1110. The Morgan fingerprint density at radius 2 is 2.00 bits per heavy atom. The third-order valence-corrected chi connectivity index (χ3v) is 5.39. The van der Waals surface area contributed by atoms with E-state index >= 15 is 0 Å². The van der Waals surface area contributed by atoms with Crippen LogP contribution in [0.4, 0.5) is 15.8 Å². The van der Waals surface area contributed by atoms with Crippen LogP contribution in [0.3, 0.4) is 0 Å². The lowest BCUT2D eigenvalue weighted by atomic mass is 10.1. The van der Waals surface area contributed by atoms with Gasteiger partial charge in [0.05, 0.1) is 33.9 Å². The highest BCUT2D eigenvalue weighted by molar-refractivity contribution is 6.34. The molecule has 0 atom stereocenters. The molecule has 30 heavy (non-hydrogen) atoms. The van der Waals surface area contributed by atoms with Gasteiger partial charge in [-0.15, -0.1) is 0 Å². The van der Waals surface area contributed by atoms with Crippen molar-refractivity contribution in [3.05, 3.63) is 70.8 Å². The van der Waals surface area contributed by atoms with Gasteiger partial charge in [0.2, 0.25) is 5.91 Å². The third kappa shape index (κ3) is 3.80. The maximum absolute atomic E-state index is 13.2. The zero-order chi connectivity index (χ0) is 21.3. The standard InChI is InChI=1S/C22H20ClFN4O2/c1-2-19-17(13-25-28(19)16-8-5-14(24)6-9-16)22(30)26-15-7-10-20(18(23)12-15)27-11-3-4-21(27)29/h5-10,12-13H,2-4,11H2,1H3,(H,26,30). The van der Waals surface area contributed by atoms with Crippen molar-refractivity contribution in [3.63, 3.8) is 0 Å². The Balaban J connectivity index is 1.56. The molecule has 2 heterocycles. The lowest BCUT2D eigenvalue weighted by Gasteiger charge is -2.18. The van der Waals surface area contributed by atoms with E-state index in [0.717, 1.165) is 6.42 Å². The number of nitrogens with zero attached hydrogens (tertiary/aromatic N) is 3. The quantitative estimate of drug-likeness (QED) is 0.648. The van der Waals surface area contributed by atoms with Crippen molar-refractivity contribution in [3.8, 4) is 5.69 Å². The van der Waals surface area contributed by atoms with Gasteiger partial charge in [-0.25, -0.2) is 9.07 Å². The first-order chi connectivity index (χ1) is 14.5. The van der Waals surface area contributed by atoms with E-state index in [9.17, 15) is 14.0 Å². The van der Waals surface area contributed by atoms with Crippen LogP contribution in [0.15, 0.2) is 48.7 Å². The minimum atomic E-state index is -0.335. The second-order valence-corrected chi connectivity index (χ2v) is 7.42. The number of aromatic nitrogens is 2. The lowest BCUT2D eigenvalue weighted by Crippen LogP contribution is -2.24. The first-order valence-corrected chi connectivity index (χ1v) is 10.1. The molecule has 0 aliphatic carbocycles. The normalized spacial score (nSPS) is 13.7. The van der Waals surface area contributed by atoms with Crippen molar-refractivity contribution in [2.75, 3.05) is 16.8 Å². The summed E-state index contributed by atoms with van der Waals surface area (Å²) in [6.07, 6.45) is 3.39. The molecule has 0 unspecified atom stereocenters. The van der Waals surface area contributed by atoms with Gasteiger partial charge in [-0.1, -0.05) is 18.5 Å². The molecule has 0 spiro atoms. The van der Waals surface area contributed by atoms with Crippen molar-refractivity contribution < 1.29 is 14.0 Å². The SMILES string of the molecule is CCc1c(C(=O)Nc2ccc(N3CCCC3=O)c(Cl)c2)cnn1-c1ccc(F)cc1. The Morgan fingerprint density at radius 3 is 2.63 bits per heavy atom. The second-order valence-electron chi connectivity index (χ2n) is 7.02. The molecule has 1 aliphatic heterocycles. The topological polar surface area (TPSA) is 67.2 Å². The summed E-state index contributed by atoms with van der Waals surface area (Å²) in [6.45, 7) is 2.57. The zero-order valence-corrected chi connectivity index (χ0v) is 17.1. The number of nitrogens with one attached hydrogen (secondary N) is 1. The third-order valence-electron chi connectivity index (χ3n) is 5.09. The molecule has 3 aromatic rings. The van der Waals surface area contributed by atoms with Gasteiger partial charge < -0.3 is 10.2 Å². The number of carbonyl (C=O) groups excluding carboxylic acids is 2. The minimum Gasteiger partial charge on any atom is -0.322 e. The van der Waals surface area contributed by atoms with Gasteiger partial charge in [-0.3, -0.25) is 9.59 Å². The highest BCUT2D eigenvalue weighted by atomic mass is 35.5. The molecule has 0 bridgehead atoms. The summed E-state index contributed by atoms with van der Waals surface area (Å²) in [4.78, 5) is 26.5. The van der Waals surface area contributed by atoms with E-state index in [0.29, 0.717) is 52.7 Å². The van der Waals surface area contributed by atoms with Crippen molar-refractivity contribution in [1.82, 2.24) is 9.78 Å². The van der Waals surface area contributed by atoms with Crippen LogP contribution in [-0.2, 0) is 11.2 Å². The van der Waals surface area contributed by atoms with Gasteiger partial charge in [0.25, 0.3) is 5.91 Å². The Hall–Kier alpha value is -3.19. The molecule has 1 aromatic heterocycles. The van der Waals surface area contributed by atoms with Crippen LogP contribution in [0, 0.1) is 5.82 Å². The van der Waals surface area contributed by atoms with Crippen LogP contribution in [0.5, 0.6) is 0 Å². The number of hydrogen-bond donors (Lipinski definition) is 1. The van der Waals surface area contributed by atoms with E-state index in [2.05, 4.69) is 10.4 Å². The van der Waals surface area contributed by atoms with Gasteiger partial charge in [0.15, 0.2) is 0 Å². The van der Waals surface area contributed by atoms with Gasteiger partial charge >= 0.3 is 0 Å². The summed E-state index contributed by atoms with van der Waals surface area (Å²) in [7, 11) is 0. The van der Waals surface area contributed by atoms with E-state index in [1.165, 1.54) is 18.3 Å². The number of halogens is 2. The van der Waals surface area contributed by atoms with Crippen LogP contribution >= 0.6 is 11.6 Å². The summed E-state index contributed by atoms with van der Waals surface area (Å²) in [6, 6.07) is 11.0. The fourth-order valence-corrected chi connectivity index (χ4v) is 3.90. The molecule has 8 heteroatoms. The number of hydrogen-bond acceptors (Lipinski definition) is 3. The van der Waals surface area contributed by atoms with Gasteiger partial charge in [-0.05, 0) is 55.3 Å². The van der Waals surface area contributed by atoms with Crippen molar-refractivity contribution in [1.29, 1.82) is 0 Å². The summed E-state index contributed by atoms with van der Waals surface area (Å²) >= 11 is 6.37. The molecule has 0 radical (unpaired) electrons. The summed E-state index contributed by atoms with van der Waals surface area (Å²) in [5.41, 5.74) is 2.99. The van der Waals surface area contributed by atoms with E-state index < -0.39 is 0 Å². The van der Waals surface area contributed by atoms with Crippen molar-refractivity contribution in [2.45, 2.75) is 26.2 Å². The summed E-state index contributed by atoms with van der Waals surface area (Å²) < 4.78 is 14.8. The lowest BCUT2D eigenvalue weighted by molar-refractivity contribution is -0.117. The minimum absolute atomic E-state index is 0.0504. The van der Waals surface area contributed by atoms with Crippen LogP contribution < -0.4 is 10.2 Å². The monoisotopic (exact) mass is 426 g/mol. The first kappa shape index (κ1) is 20.1. The fourth-order valence-electron chi connectivity index (χ4n) is 3.61. The molecule has 4 rings (SSSR count). The number of amides is 2. The maximum Gasteiger partial charge on any atom is 0.259 e. The van der Waals surface area contributed by atoms with E-state index in [4.69, 9.17) is 11.6 Å². The van der Waals surface area contributed by atoms with Crippen molar-refractivity contribution >= 4 is 34.8 Å². The van der Waals surface area contributed by atoms with E-state index in [1.807, 2.05) is 6.92 Å². The van der Waals surface area contributed by atoms with Gasteiger partial charge in [0.1, 0.15) is 5.82 Å². The molecule has 2 amide bonds. The molecular formula is C22H20ClFN4O2. The average Bonchev–Trinajstić information content (AvgIpc) is 3.35. The average molecular weight is 427 g/mol. The highest BCUT2D eigenvalue weighted by Gasteiger charge is 2.24. The first-order valence-electron chi connectivity index (χ1n) is 9.72. The highest BCUT2D eigenvalue weighted by Crippen LogP contribution is 2.32. The van der Waals surface area contributed by atoms with Gasteiger partial charge in [-0.2, -0.15) is 5.10 Å². The molecule has 1 N–H and O–H groups in total. The Kier molecular flexibility index (Phi) is 5.55. The molecule has 1 fully saturated rings. The second kappa shape index (κ2) is 8.28. The number of anilines is 2. The Labute approximate surface area is 178 Å². The van der Waals surface area contributed by atoms with E-state index in [-0.39, 0.29) is 17.6 Å². The molecule has 1 saturated heterocycles. The predicted octanol–water partition coefficient (Wildman–Crippen LogP) is 4.61. The molecule has 6 nitrogen and oxygen atoms in total. The number of benzene rings is 2. The maximum atomic E-state index is 13.2. The summed E-state index contributed by atoms with van der Waals surface area (Å²) in [5, 5.41) is 7.55. The smallest absolute Gasteiger partial charge is 0.259 e. The predicted molar refractivity (Wildman–Crippen MR) is 114 cm³/mol. The molecule has 154 valence electrons. The fraction of sp³-hybridized carbons (Fsp3) is 0.227. The van der Waals surface area contributed by atoms with Crippen LogP contribution in [-0.4, -0.2) is 28.1 Å².